The van der Waals surface area contributed by atoms with Crippen LogP contribution in [0.3, 0.4) is 0 Å². The van der Waals surface area contributed by atoms with Crippen molar-refractivity contribution in [1.82, 2.24) is 0 Å². The van der Waals surface area contributed by atoms with Crippen molar-refractivity contribution in [3.63, 3.8) is 0 Å². The van der Waals surface area contributed by atoms with E-state index in [-0.39, 0.29) is 19.3 Å². The Kier molecular flexibility index (Phi) is 87.3. The normalized spacial score (nSPS) is 14.6. The maximum absolute atomic E-state index is 13.1. The van der Waals surface area contributed by atoms with E-state index in [1.165, 1.54) is 109 Å². The predicted molar refractivity (Wildman–Crippen MR) is 500 cm³/mol. The summed E-state index contributed by atoms with van der Waals surface area (Å²) in [6.45, 7) is 2.44. The molecule has 4 N–H and O–H groups in total. The van der Waals surface area contributed by atoms with E-state index in [9.17, 15) is 43.5 Å². The van der Waals surface area contributed by atoms with Crippen LogP contribution in [0.1, 0.15) is 367 Å². The average Bonchev–Trinajstić information content (AvgIpc) is 0.905. The fourth-order valence-electron chi connectivity index (χ4n) is 12.3. The molecule has 0 heterocycles. The largest absolute Gasteiger partial charge is 0.472 e. The average molecular weight is 1700 g/mol. The summed E-state index contributed by atoms with van der Waals surface area (Å²) in [4.78, 5) is 59.1. The minimum Gasteiger partial charge on any atom is -0.463 e. The summed E-state index contributed by atoms with van der Waals surface area (Å²) in [7, 11) is -9.82. The van der Waals surface area contributed by atoms with E-state index < -0.39 is 91.5 Å². The third-order valence-electron chi connectivity index (χ3n) is 19.3. The fourth-order valence-corrected chi connectivity index (χ4v) is 13.9. The maximum atomic E-state index is 13.1. The van der Waals surface area contributed by atoms with E-state index in [4.69, 9.17) is 32.3 Å². The van der Waals surface area contributed by atoms with Gasteiger partial charge in [-0.2, -0.15) is 0 Å². The molecule has 0 saturated carbocycles. The molecule has 0 aromatic rings. The van der Waals surface area contributed by atoms with Gasteiger partial charge in [-0.25, -0.2) is 9.13 Å². The Morgan fingerprint density at radius 2 is 0.445 bits per heavy atom. The number of aliphatic hydroxyl groups is 2. The van der Waals surface area contributed by atoms with E-state index >= 15 is 0 Å². The van der Waals surface area contributed by atoms with Crippen molar-refractivity contribution in [2.45, 2.75) is 386 Å². The molecule has 0 spiro atoms. The number of esters is 3. The van der Waals surface area contributed by atoms with Gasteiger partial charge in [0.05, 0.1) is 26.4 Å². The fraction of sp³-hybridized carbons (Fsp3) is 0.653. The maximum Gasteiger partial charge on any atom is 0.472 e. The van der Waals surface area contributed by atoms with Crippen LogP contribution in [0.4, 0.5) is 0 Å². The standard InChI is InChI=1S/C101H168O16P2/c1-4-7-10-13-16-19-22-25-28-31-34-37-40-42-44-46-47-49-51-52-55-57-60-63-66-69-72-75-78-81-84-87-99(104)111-90-96(102)91-113-118(107,108)114-92-97(103)93-115-119(109,110)116-95-98(117-101(106)89-86-83-80-77-74-71-68-65-62-59-54-39-36-33-30-27-24-21-18-15-12-9-6-3)94-112-100(105)88-85-82-79-76-73-70-67-64-61-58-56-53-50-48-45-43-41-38-35-32-29-26-23-20-17-14-11-8-5-2/h7-8,10-11,16-21,25-30,34-39,42-45,47,49-50,53,59,62,96-98,102-103H,4-6,9,12-15,22-24,31-33,40-41,46,48,51-52,54-58,60-61,63-95H2,1-3H3,(H,107,108)(H,109,110)/b10-7-,11-8-,19-16-,20-17-,21-18-,28-25-,29-26-,30-27-,37-34-,38-35-,39-36-,44-42-,45-43-,49-47-,53-50-,62-59-. The molecule has 0 amide bonds. The first-order chi connectivity index (χ1) is 58.2. The van der Waals surface area contributed by atoms with Crippen LogP contribution in [0.5, 0.6) is 0 Å². The highest BCUT2D eigenvalue weighted by molar-refractivity contribution is 7.47. The summed E-state index contributed by atoms with van der Waals surface area (Å²) >= 11 is 0. The Morgan fingerprint density at radius 1 is 0.244 bits per heavy atom. The van der Waals surface area contributed by atoms with E-state index in [0.29, 0.717) is 19.3 Å². The lowest BCUT2D eigenvalue weighted by atomic mass is 10.0. The summed E-state index contributed by atoms with van der Waals surface area (Å²) in [5.41, 5.74) is 0. The molecule has 678 valence electrons. The molecule has 0 aromatic heterocycles. The first-order valence-electron chi connectivity index (χ1n) is 46.7. The van der Waals surface area contributed by atoms with Crippen molar-refractivity contribution < 1.29 is 75.8 Å². The first kappa shape index (κ1) is 113. The lowest BCUT2D eigenvalue weighted by Gasteiger charge is -2.21. The molecular formula is C101H168O16P2. The minimum atomic E-state index is -4.95. The Morgan fingerprint density at radius 3 is 0.706 bits per heavy atom. The smallest absolute Gasteiger partial charge is 0.463 e. The second-order valence-electron chi connectivity index (χ2n) is 30.7. The number of unbranched alkanes of at least 4 members (excludes halogenated alkanes) is 32. The second-order valence-corrected chi connectivity index (χ2v) is 33.6. The summed E-state index contributed by atoms with van der Waals surface area (Å²) in [5.74, 6) is -1.59. The van der Waals surface area contributed by atoms with Gasteiger partial charge in [0.25, 0.3) is 0 Å². The molecule has 18 heteroatoms. The molecule has 0 rings (SSSR count). The summed E-state index contributed by atoms with van der Waals surface area (Å²) < 4.78 is 61.5. The van der Waals surface area contributed by atoms with Crippen molar-refractivity contribution in [2.24, 2.45) is 0 Å². The van der Waals surface area contributed by atoms with E-state index in [1.807, 2.05) is 0 Å². The zero-order valence-corrected chi connectivity index (χ0v) is 76.5. The Hall–Kier alpha value is -5.61. The SMILES string of the molecule is CC/C=C\C/C=C\C/C=C\C/C=C\C/C=C\C/C=C\CCCCCCCCCCCCCCC(=O)OCC(O)COP(=O)(O)OCC(O)COP(=O)(O)OCC(COC(=O)CCCCCCCCCCCC/C=C\C/C=C\C/C=C\C/C=C\C/C=C\C/C=C\CC)OC(=O)CCCCCCCCC/C=C\C/C=C\C/C=C\C/C=C\CCCCC. The van der Waals surface area contributed by atoms with Crippen LogP contribution in [0.15, 0.2) is 194 Å². The van der Waals surface area contributed by atoms with Crippen LogP contribution >= 0.6 is 15.6 Å². The zero-order valence-electron chi connectivity index (χ0n) is 74.7. The number of hydrogen-bond donors (Lipinski definition) is 4. The molecule has 0 aliphatic heterocycles. The van der Waals surface area contributed by atoms with Gasteiger partial charge in [-0.15, -0.1) is 0 Å². The molecule has 0 aromatic carbocycles. The van der Waals surface area contributed by atoms with Crippen LogP contribution in [0.2, 0.25) is 0 Å². The molecule has 0 fully saturated rings. The van der Waals surface area contributed by atoms with Crippen molar-refractivity contribution in [3.05, 3.63) is 194 Å². The van der Waals surface area contributed by atoms with Gasteiger partial charge >= 0.3 is 33.6 Å². The predicted octanol–water partition coefficient (Wildman–Crippen LogP) is 29.0. The number of carbonyl (C=O) groups is 3. The van der Waals surface area contributed by atoms with Crippen LogP contribution in [0, 0.1) is 0 Å². The van der Waals surface area contributed by atoms with Gasteiger partial charge in [-0.05, 0) is 167 Å². The van der Waals surface area contributed by atoms with Crippen molar-refractivity contribution in [3.8, 4) is 0 Å². The van der Waals surface area contributed by atoms with Crippen molar-refractivity contribution in [2.75, 3.05) is 39.6 Å². The van der Waals surface area contributed by atoms with Gasteiger partial charge in [0, 0.05) is 19.3 Å². The van der Waals surface area contributed by atoms with Gasteiger partial charge in [0.15, 0.2) is 6.10 Å². The Bertz CT molecular complexity index is 2940. The Labute approximate surface area is 725 Å². The molecular weight excluding hydrogens is 1530 g/mol. The molecule has 5 unspecified atom stereocenters. The molecule has 0 aliphatic carbocycles. The molecule has 119 heavy (non-hydrogen) atoms. The monoisotopic (exact) mass is 1700 g/mol. The van der Waals surface area contributed by atoms with Crippen molar-refractivity contribution >= 4 is 33.6 Å². The highest BCUT2D eigenvalue weighted by Crippen LogP contribution is 2.45. The van der Waals surface area contributed by atoms with Gasteiger partial charge in [0.2, 0.25) is 0 Å². The minimum absolute atomic E-state index is 0.0854. The summed E-state index contributed by atoms with van der Waals surface area (Å²) in [6, 6.07) is 0. The highest BCUT2D eigenvalue weighted by Gasteiger charge is 2.29. The number of phosphoric acid groups is 2. The zero-order chi connectivity index (χ0) is 86.5. The highest BCUT2D eigenvalue weighted by atomic mass is 31.2. The molecule has 0 aliphatic rings. The number of phosphoric ester groups is 2. The van der Waals surface area contributed by atoms with Crippen LogP contribution in [-0.2, 0) is 55.8 Å². The molecule has 0 bridgehead atoms. The number of hydrogen-bond acceptors (Lipinski definition) is 14. The van der Waals surface area contributed by atoms with E-state index in [1.54, 1.807) is 0 Å². The molecule has 0 radical (unpaired) electrons. The lowest BCUT2D eigenvalue weighted by molar-refractivity contribution is -0.161. The van der Waals surface area contributed by atoms with Gasteiger partial charge in [-0.3, -0.25) is 32.5 Å². The topological polar surface area (TPSA) is 231 Å². The third-order valence-corrected chi connectivity index (χ3v) is 21.2. The van der Waals surface area contributed by atoms with Gasteiger partial charge in [-0.1, -0.05) is 376 Å². The third kappa shape index (κ3) is 92.9. The quantitative estimate of drug-likeness (QED) is 0.0146. The summed E-state index contributed by atoms with van der Waals surface area (Å²) in [5, 5.41) is 20.7. The van der Waals surface area contributed by atoms with E-state index in [2.05, 4.69) is 215 Å². The second kappa shape index (κ2) is 91.6. The number of aliphatic hydroxyl groups excluding tert-OH is 2. The number of carbonyl (C=O) groups excluding carboxylic acids is 3. The van der Waals surface area contributed by atoms with Crippen LogP contribution < -0.4 is 0 Å². The number of rotatable bonds is 87. The Balaban J connectivity index is 4.65. The van der Waals surface area contributed by atoms with Crippen LogP contribution in [0.25, 0.3) is 0 Å². The number of ether oxygens (including phenoxy) is 3. The molecule has 0 saturated heterocycles. The van der Waals surface area contributed by atoms with Crippen molar-refractivity contribution in [1.29, 1.82) is 0 Å². The van der Waals surface area contributed by atoms with E-state index in [0.717, 1.165) is 199 Å². The first-order valence-corrected chi connectivity index (χ1v) is 49.7. The lowest BCUT2D eigenvalue weighted by Crippen LogP contribution is -2.30. The molecule has 5 atom stereocenters. The van der Waals surface area contributed by atoms with Gasteiger partial charge in [0.1, 0.15) is 25.4 Å². The van der Waals surface area contributed by atoms with Gasteiger partial charge < -0.3 is 34.2 Å². The van der Waals surface area contributed by atoms with Crippen LogP contribution in [-0.4, -0.2) is 95.9 Å². The number of allylic oxidation sites excluding steroid dienone is 32. The summed E-state index contributed by atoms with van der Waals surface area (Å²) in [6.07, 6.45) is 122. The molecule has 16 nitrogen and oxygen atoms in total.